The lowest BCUT2D eigenvalue weighted by molar-refractivity contribution is 0.552. The zero-order chi connectivity index (χ0) is 13.0. The molecule has 0 bridgehead atoms. The number of pyridine rings is 1. The van der Waals surface area contributed by atoms with Gasteiger partial charge in [-0.25, -0.2) is 0 Å². The fourth-order valence-corrected chi connectivity index (χ4v) is 2.24. The van der Waals surface area contributed by atoms with E-state index in [1.165, 1.54) is 0 Å². The first-order valence-corrected chi connectivity index (χ1v) is 6.27. The smallest absolute Gasteiger partial charge is 0.0640 e. The van der Waals surface area contributed by atoms with Gasteiger partial charge in [-0.3, -0.25) is 16.3 Å². The van der Waals surface area contributed by atoms with Crippen molar-refractivity contribution in [1.29, 1.82) is 0 Å². The summed E-state index contributed by atoms with van der Waals surface area (Å²) in [7, 11) is 0. The van der Waals surface area contributed by atoms with Crippen LogP contribution in [0.5, 0.6) is 0 Å². The third kappa shape index (κ3) is 3.00. The minimum absolute atomic E-state index is 0.0846. The van der Waals surface area contributed by atoms with Crippen LogP contribution in [0.3, 0.4) is 0 Å². The average molecular weight is 282 g/mol. The quantitative estimate of drug-likeness (QED) is 0.669. The molecule has 0 aliphatic carbocycles. The Morgan fingerprint density at radius 2 is 1.89 bits per heavy atom. The van der Waals surface area contributed by atoms with Gasteiger partial charge in [-0.2, -0.15) is 0 Å². The third-order valence-corrected chi connectivity index (χ3v) is 3.58. The van der Waals surface area contributed by atoms with E-state index in [9.17, 15) is 0 Å². The Bertz CT molecular complexity index is 517. The molecule has 94 valence electrons. The minimum Gasteiger partial charge on any atom is -0.271 e. The number of aromatic nitrogens is 1. The predicted molar refractivity (Wildman–Crippen MR) is 74.5 cm³/mol. The van der Waals surface area contributed by atoms with Gasteiger partial charge in [0.25, 0.3) is 0 Å². The number of benzene rings is 1. The van der Waals surface area contributed by atoms with Crippen LogP contribution in [0.1, 0.15) is 17.2 Å². The molecule has 0 spiro atoms. The maximum absolute atomic E-state index is 6.19. The van der Waals surface area contributed by atoms with Gasteiger partial charge in [0.15, 0.2) is 0 Å². The summed E-state index contributed by atoms with van der Waals surface area (Å²) < 4.78 is 0. The Balaban J connectivity index is 2.26. The van der Waals surface area contributed by atoms with Crippen molar-refractivity contribution in [3.8, 4) is 0 Å². The van der Waals surface area contributed by atoms with Crippen molar-refractivity contribution in [1.82, 2.24) is 10.4 Å². The van der Waals surface area contributed by atoms with Gasteiger partial charge in [0.1, 0.15) is 0 Å². The van der Waals surface area contributed by atoms with Crippen molar-refractivity contribution in [2.75, 3.05) is 0 Å². The molecule has 0 aliphatic rings. The molecule has 0 saturated carbocycles. The van der Waals surface area contributed by atoms with Crippen molar-refractivity contribution in [2.45, 2.75) is 12.5 Å². The number of rotatable bonds is 4. The van der Waals surface area contributed by atoms with Crippen molar-refractivity contribution in [2.24, 2.45) is 5.84 Å². The maximum Gasteiger partial charge on any atom is 0.0640 e. The van der Waals surface area contributed by atoms with Gasteiger partial charge in [-0.15, -0.1) is 0 Å². The van der Waals surface area contributed by atoms with E-state index < -0.39 is 0 Å². The first-order chi connectivity index (χ1) is 8.72. The van der Waals surface area contributed by atoms with Crippen molar-refractivity contribution >= 4 is 23.2 Å². The van der Waals surface area contributed by atoms with Crippen molar-refractivity contribution < 1.29 is 0 Å². The highest BCUT2D eigenvalue weighted by Crippen LogP contribution is 2.31. The number of hydrazine groups is 1. The van der Waals surface area contributed by atoms with Crippen LogP contribution in [0, 0.1) is 0 Å². The van der Waals surface area contributed by atoms with E-state index in [2.05, 4.69) is 10.4 Å². The molecule has 0 radical (unpaired) electrons. The number of nitrogens with zero attached hydrogens (tertiary/aromatic N) is 1. The lowest BCUT2D eigenvalue weighted by Gasteiger charge is -2.18. The zero-order valence-corrected chi connectivity index (χ0v) is 11.1. The monoisotopic (exact) mass is 281 g/mol. The first-order valence-electron chi connectivity index (χ1n) is 5.51. The Hall–Kier alpha value is -1.13. The summed E-state index contributed by atoms with van der Waals surface area (Å²) in [4.78, 5) is 3.98. The van der Waals surface area contributed by atoms with Gasteiger partial charge < -0.3 is 0 Å². The van der Waals surface area contributed by atoms with Gasteiger partial charge in [0.2, 0.25) is 0 Å². The summed E-state index contributed by atoms with van der Waals surface area (Å²) in [6.07, 6.45) is 4.23. The molecule has 3 N–H and O–H groups in total. The van der Waals surface area contributed by atoms with Crippen LogP contribution in [0.4, 0.5) is 0 Å². The Labute approximate surface area is 116 Å². The highest BCUT2D eigenvalue weighted by molar-refractivity contribution is 6.42. The van der Waals surface area contributed by atoms with Gasteiger partial charge in [-0.1, -0.05) is 35.3 Å². The van der Waals surface area contributed by atoms with Gasteiger partial charge in [0.05, 0.1) is 16.1 Å². The topological polar surface area (TPSA) is 50.9 Å². The molecule has 2 aromatic rings. The van der Waals surface area contributed by atoms with Crippen molar-refractivity contribution in [3.63, 3.8) is 0 Å². The molecule has 0 fully saturated rings. The van der Waals surface area contributed by atoms with Crippen LogP contribution < -0.4 is 11.3 Å². The standard InChI is InChI=1S/C13H13Cl2N3/c14-11-3-1-2-10(13(11)15)12(18-16)8-9-4-6-17-7-5-9/h1-7,12,18H,8,16H2. The second-order valence-electron chi connectivity index (χ2n) is 3.92. The zero-order valence-electron chi connectivity index (χ0n) is 9.61. The molecule has 1 atom stereocenters. The summed E-state index contributed by atoms with van der Waals surface area (Å²) in [5.41, 5.74) is 4.79. The fourth-order valence-electron chi connectivity index (χ4n) is 1.80. The maximum atomic E-state index is 6.19. The molecular weight excluding hydrogens is 269 g/mol. The largest absolute Gasteiger partial charge is 0.271 e. The molecule has 1 aromatic carbocycles. The van der Waals surface area contributed by atoms with E-state index >= 15 is 0 Å². The molecule has 1 unspecified atom stereocenters. The van der Waals surface area contributed by atoms with Crippen LogP contribution in [0.2, 0.25) is 10.0 Å². The van der Waals surface area contributed by atoms with Gasteiger partial charge in [0, 0.05) is 12.4 Å². The second-order valence-corrected chi connectivity index (χ2v) is 4.71. The highest BCUT2D eigenvalue weighted by Gasteiger charge is 2.15. The second kappa shape index (κ2) is 6.16. The van der Waals surface area contributed by atoms with Crippen LogP contribution >= 0.6 is 23.2 Å². The number of halogens is 2. The van der Waals surface area contributed by atoms with Crippen LogP contribution in [-0.2, 0) is 6.42 Å². The first kappa shape index (κ1) is 13.3. The lowest BCUT2D eigenvalue weighted by atomic mass is 10.00. The molecule has 0 aliphatic heterocycles. The Morgan fingerprint density at radius 1 is 1.17 bits per heavy atom. The summed E-state index contributed by atoms with van der Waals surface area (Å²) in [6.45, 7) is 0. The molecule has 5 heteroatoms. The summed E-state index contributed by atoms with van der Waals surface area (Å²) >= 11 is 12.2. The van der Waals surface area contributed by atoms with Crippen LogP contribution in [0.25, 0.3) is 0 Å². The number of nitrogens with one attached hydrogen (secondary N) is 1. The van der Waals surface area contributed by atoms with Crippen LogP contribution in [0.15, 0.2) is 42.7 Å². The Kier molecular flexibility index (Phi) is 4.55. The van der Waals surface area contributed by atoms with E-state index in [0.29, 0.717) is 10.0 Å². The van der Waals surface area contributed by atoms with E-state index in [1.807, 2.05) is 24.3 Å². The molecule has 1 heterocycles. The third-order valence-electron chi connectivity index (χ3n) is 2.75. The van der Waals surface area contributed by atoms with Gasteiger partial charge >= 0.3 is 0 Å². The normalized spacial score (nSPS) is 12.4. The van der Waals surface area contributed by atoms with E-state index in [1.54, 1.807) is 18.5 Å². The number of hydrogen-bond acceptors (Lipinski definition) is 3. The SMILES string of the molecule is NNC(Cc1ccncc1)c1cccc(Cl)c1Cl. The molecule has 1 aromatic heterocycles. The lowest BCUT2D eigenvalue weighted by Crippen LogP contribution is -2.29. The minimum atomic E-state index is -0.0846. The molecule has 18 heavy (non-hydrogen) atoms. The molecule has 0 amide bonds. The van der Waals surface area contributed by atoms with E-state index in [-0.39, 0.29) is 6.04 Å². The molecule has 3 nitrogen and oxygen atoms in total. The fraction of sp³-hybridized carbons (Fsp3) is 0.154. The molecule has 2 rings (SSSR count). The number of hydrogen-bond donors (Lipinski definition) is 2. The van der Waals surface area contributed by atoms with E-state index in [0.717, 1.165) is 17.5 Å². The van der Waals surface area contributed by atoms with Crippen LogP contribution in [-0.4, -0.2) is 4.98 Å². The van der Waals surface area contributed by atoms with Crippen molar-refractivity contribution in [3.05, 3.63) is 63.9 Å². The predicted octanol–water partition coefficient (Wildman–Crippen LogP) is 3.14. The Morgan fingerprint density at radius 3 is 2.56 bits per heavy atom. The summed E-state index contributed by atoms with van der Waals surface area (Å²) in [5, 5.41) is 1.07. The average Bonchev–Trinajstić information content (AvgIpc) is 2.41. The summed E-state index contributed by atoms with van der Waals surface area (Å²) in [5.74, 6) is 5.60. The summed E-state index contributed by atoms with van der Waals surface area (Å²) in [6, 6.07) is 9.35. The van der Waals surface area contributed by atoms with Gasteiger partial charge in [-0.05, 0) is 35.7 Å². The highest BCUT2D eigenvalue weighted by atomic mass is 35.5. The molecule has 0 saturated heterocycles. The molecular formula is C13H13Cl2N3. The number of nitrogens with two attached hydrogens (primary N) is 1. The van der Waals surface area contributed by atoms with E-state index in [4.69, 9.17) is 29.0 Å².